The van der Waals surface area contributed by atoms with Crippen LogP contribution in [0.5, 0.6) is 0 Å². The molecule has 0 radical (unpaired) electrons. The van der Waals surface area contributed by atoms with Crippen molar-refractivity contribution in [1.82, 2.24) is 0 Å². The third kappa shape index (κ3) is 5.28. The molecular formula is C17H12F3NO3. The molecule has 7 heteroatoms. The lowest BCUT2D eigenvalue weighted by Gasteiger charge is -2.05. The van der Waals surface area contributed by atoms with Crippen molar-refractivity contribution in [2.24, 2.45) is 0 Å². The molecule has 0 heterocycles. The van der Waals surface area contributed by atoms with Gasteiger partial charge in [-0.05, 0) is 35.9 Å². The molecule has 0 spiro atoms. The molecule has 124 valence electrons. The van der Waals surface area contributed by atoms with Gasteiger partial charge < -0.3 is 10.1 Å². The Labute approximate surface area is 135 Å². The highest BCUT2D eigenvalue weighted by atomic mass is 19.2. The number of rotatable bonds is 5. The van der Waals surface area contributed by atoms with E-state index in [-0.39, 0.29) is 5.69 Å². The summed E-state index contributed by atoms with van der Waals surface area (Å²) in [4.78, 5) is 23.0. The fourth-order valence-corrected chi connectivity index (χ4v) is 1.69. The van der Waals surface area contributed by atoms with Crippen LogP contribution in [0.4, 0.5) is 18.9 Å². The van der Waals surface area contributed by atoms with E-state index in [0.29, 0.717) is 5.56 Å². The molecule has 24 heavy (non-hydrogen) atoms. The number of nitrogens with one attached hydrogen (secondary N) is 1. The fourth-order valence-electron chi connectivity index (χ4n) is 1.69. The first-order valence-corrected chi connectivity index (χ1v) is 6.79. The number of carbonyl (C=O) groups is 2. The van der Waals surface area contributed by atoms with E-state index in [9.17, 15) is 22.8 Å². The minimum atomic E-state index is -1.10. The van der Waals surface area contributed by atoms with Crippen LogP contribution in [0.1, 0.15) is 5.56 Å². The van der Waals surface area contributed by atoms with Crippen molar-refractivity contribution in [2.45, 2.75) is 0 Å². The highest BCUT2D eigenvalue weighted by Gasteiger charge is 2.08. The zero-order chi connectivity index (χ0) is 17.5. The summed E-state index contributed by atoms with van der Waals surface area (Å²) in [6, 6.07) is 8.25. The Kier molecular flexibility index (Phi) is 5.73. The Morgan fingerprint density at radius 1 is 1.00 bits per heavy atom. The van der Waals surface area contributed by atoms with E-state index in [2.05, 4.69) is 5.32 Å². The Bertz CT molecular complexity index is 773. The van der Waals surface area contributed by atoms with Gasteiger partial charge >= 0.3 is 5.97 Å². The highest BCUT2D eigenvalue weighted by molar-refractivity contribution is 5.94. The summed E-state index contributed by atoms with van der Waals surface area (Å²) in [6.07, 6.45) is 2.48. The van der Waals surface area contributed by atoms with E-state index in [1.165, 1.54) is 36.4 Å². The lowest BCUT2D eigenvalue weighted by atomic mass is 10.2. The number of carbonyl (C=O) groups excluding carboxylic acids is 2. The van der Waals surface area contributed by atoms with E-state index in [4.69, 9.17) is 4.74 Å². The first-order chi connectivity index (χ1) is 11.4. The maximum absolute atomic E-state index is 13.0. The Morgan fingerprint density at radius 2 is 1.71 bits per heavy atom. The molecule has 0 aromatic heterocycles. The molecule has 0 bridgehead atoms. The molecule has 0 unspecified atom stereocenters. The van der Waals surface area contributed by atoms with Crippen molar-refractivity contribution in [3.63, 3.8) is 0 Å². The first-order valence-electron chi connectivity index (χ1n) is 6.79. The lowest BCUT2D eigenvalue weighted by molar-refractivity contribution is -0.142. The monoisotopic (exact) mass is 335 g/mol. The highest BCUT2D eigenvalue weighted by Crippen LogP contribution is 2.12. The zero-order valence-corrected chi connectivity index (χ0v) is 12.3. The lowest BCUT2D eigenvalue weighted by Crippen LogP contribution is -2.20. The van der Waals surface area contributed by atoms with Gasteiger partial charge in [0.05, 0.1) is 0 Å². The van der Waals surface area contributed by atoms with Crippen LogP contribution < -0.4 is 5.32 Å². The summed E-state index contributed by atoms with van der Waals surface area (Å²) in [7, 11) is 0. The number of hydrogen-bond acceptors (Lipinski definition) is 3. The predicted octanol–water partition coefficient (Wildman–Crippen LogP) is 3.30. The summed E-state index contributed by atoms with van der Waals surface area (Å²) in [5.41, 5.74) is 0.622. The average molecular weight is 335 g/mol. The number of benzene rings is 2. The van der Waals surface area contributed by atoms with Crippen molar-refractivity contribution >= 4 is 23.6 Å². The van der Waals surface area contributed by atoms with Gasteiger partial charge in [0.1, 0.15) is 5.82 Å². The second-order valence-corrected chi connectivity index (χ2v) is 4.67. The van der Waals surface area contributed by atoms with Crippen molar-refractivity contribution in [3.05, 3.63) is 71.6 Å². The molecule has 2 rings (SSSR count). The third-order valence-corrected chi connectivity index (χ3v) is 2.83. The smallest absolute Gasteiger partial charge is 0.331 e. The Balaban J connectivity index is 1.81. The molecule has 0 saturated heterocycles. The molecule has 4 nitrogen and oxygen atoms in total. The van der Waals surface area contributed by atoms with Gasteiger partial charge in [0.2, 0.25) is 0 Å². The van der Waals surface area contributed by atoms with Crippen LogP contribution in [0.2, 0.25) is 0 Å². The standard InChI is InChI=1S/C17H12F3NO3/c18-12-4-1-11(2-5-12)3-8-17(23)24-10-16(22)21-13-6-7-14(19)15(20)9-13/h1-9H,10H2,(H,21,22). The summed E-state index contributed by atoms with van der Waals surface area (Å²) < 4.78 is 43.1. The molecule has 1 amide bonds. The van der Waals surface area contributed by atoms with Crippen LogP contribution in [0.15, 0.2) is 48.5 Å². The molecule has 1 N–H and O–H groups in total. The molecule has 2 aromatic rings. The van der Waals surface area contributed by atoms with Crippen LogP contribution >= 0.6 is 0 Å². The van der Waals surface area contributed by atoms with Gasteiger partial charge in [-0.25, -0.2) is 18.0 Å². The second kappa shape index (κ2) is 7.96. The molecule has 0 atom stereocenters. The van der Waals surface area contributed by atoms with Gasteiger partial charge in [-0.2, -0.15) is 0 Å². The van der Waals surface area contributed by atoms with Crippen LogP contribution in [0.3, 0.4) is 0 Å². The van der Waals surface area contributed by atoms with Crippen LogP contribution in [-0.2, 0) is 14.3 Å². The predicted molar refractivity (Wildman–Crippen MR) is 81.4 cm³/mol. The van der Waals surface area contributed by atoms with E-state index in [1.807, 2.05) is 0 Å². The third-order valence-electron chi connectivity index (χ3n) is 2.83. The summed E-state index contributed by atoms with van der Waals surface area (Å²) in [5, 5.41) is 2.26. The largest absolute Gasteiger partial charge is 0.452 e. The molecule has 0 aliphatic carbocycles. The fraction of sp³-hybridized carbons (Fsp3) is 0.0588. The van der Waals surface area contributed by atoms with E-state index in [1.54, 1.807) is 0 Å². The molecule has 0 saturated carbocycles. The second-order valence-electron chi connectivity index (χ2n) is 4.67. The van der Waals surface area contributed by atoms with Crippen LogP contribution in [0, 0.1) is 17.5 Å². The van der Waals surface area contributed by atoms with Crippen molar-refractivity contribution in [2.75, 3.05) is 11.9 Å². The van der Waals surface area contributed by atoms with Crippen molar-refractivity contribution in [1.29, 1.82) is 0 Å². The maximum Gasteiger partial charge on any atom is 0.331 e. The molecular weight excluding hydrogens is 323 g/mol. The van der Waals surface area contributed by atoms with E-state index >= 15 is 0 Å². The van der Waals surface area contributed by atoms with Crippen molar-refractivity contribution < 1.29 is 27.5 Å². The zero-order valence-electron chi connectivity index (χ0n) is 12.3. The Hall–Kier alpha value is -3.09. The van der Waals surface area contributed by atoms with E-state index < -0.39 is 35.9 Å². The SMILES string of the molecule is O=C(COC(=O)C=Cc1ccc(F)cc1)Nc1ccc(F)c(F)c1. The van der Waals surface area contributed by atoms with Crippen molar-refractivity contribution in [3.8, 4) is 0 Å². The number of amides is 1. The maximum atomic E-state index is 13.0. The minimum Gasteiger partial charge on any atom is -0.452 e. The first kappa shape index (κ1) is 17.3. The van der Waals surface area contributed by atoms with Gasteiger partial charge in [-0.15, -0.1) is 0 Å². The van der Waals surface area contributed by atoms with Crippen LogP contribution in [0.25, 0.3) is 6.08 Å². The Morgan fingerprint density at radius 3 is 2.38 bits per heavy atom. The van der Waals surface area contributed by atoms with E-state index in [0.717, 1.165) is 18.2 Å². The molecule has 2 aromatic carbocycles. The number of anilines is 1. The molecule has 0 aliphatic heterocycles. The number of ether oxygens (including phenoxy) is 1. The topological polar surface area (TPSA) is 55.4 Å². The summed E-state index contributed by atoms with van der Waals surface area (Å²) >= 11 is 0. The van der Waals surface area contributed by atoms with Crippen LogP contribution in [-0.4, -0.2) is 18.5 Å². The van der Waals surface area contributed by atoms with Gasteiger partial charge in [0.25, 0.3) is 5.91 Å². The molecule has 0 aliphatic rings. The quantitative estimate of drug-likeness (QED) is 0.674. The van der Waals surface area contributed by atoms with Gasteiger partial charge in [-0.3, -0.25) is 4.79 Å². The number of halogens is 3. The average Bonchev–Trinajstić information content (AvgIpc) is 2.56. The summed E-state index contributed by atoms with van der Waals surface area (Å²) in [6.45, 7) is -0.592. The van der Waals surface area contributed by atoms with Gasteiger partial charge in [-0.1, -0.05) is 12.1 Å². The summed E-state index contributed by atoms with van der Waals surface area (Å²) in [5.74, 6) is -4.02. The normalized spacial score (nSPS) is 10.6. The number of hydrogen-bond donors (Lipinski definition) is 1. The number of esters is 1. The molecule has 0 fully saturated rings. The minimum absolute atomic E-state index is 0.0387. The van der Waals surface area contributed by atoms with Gasteiger partial charge in [0, 0.05) is 17.8 Å². The van der Waals surface area contributed by atoms with Gasteiger partial charge in [0.15, 0.2) is 18.2 Å².